The second-order valence-electron chi connectivity index (χ2n) is 4.77. The van der Waals surface area contributed by atoms with E-state index in [-0.39, 0.29) is 5.82 Å². The smallest absolute Gasteiger partial charge is 0.166 e. The molecule has 0 aliphatic carbocycles. The molecule has 0 amide bonds. The van der Waals surface area contributed by atoms with Crippen molar-refractivity contribution in [3.05, 3.63) is 52.8 Å². The van der Waals surface area contributed by atoms with Crippen LogP contribution < -0.4 is 14.8 Å². The predicted molar refractivity (Wildman–Crippen MR) is 80.8 cm³/mol. The molecule has 0 spiro atoms. The van der Waals surface area contributed by atoms with Gasteiger partial charge in [-0.2, -0.15) is 0 Å². The summed E-state index contributed by atoms with van der Waals surface area (Å²) in [6, 6.07) is 10.1. The summed E-state index contributed by atoms with van der Waals surface area (Å²) in [5.74, 6) is 1.17. The molecule has 0 aromatic heterocycles. The van der Waals surface area contributed by atoms with Crippen molar-refractivity contribution in [2.75, 3.05) is 18.5 Å². The van der Waals surface area contributed by atoms with Crippen molar-refractivity contribution < 1.29 is 13.9 Å². The molecule has 2 aromatic carbocycles. The lowest BCUT2D eigenvalue weighted by molar-refractivity contribution is 0.296. The Morgan fingerprint density at radius 2 is 2.00 bits per heavy atom. The van der Waals surface area contributed by atoms with E-state index in [1.54, 1.807) is 6.07 Å². The van der Waals surface area contributed by atoms with Crippen molar-refractivity contribution in [1.82, 2.24) is 0 Å². The monoisotopic (exact) mass is 307 g/mol. The maximum Gasteiger partial charge on any atom is 0.166 e. The van der Waals surface area contributed by atoms with Gasteiger partial charge < -0.3 is 14.8 Å². The first-order chi connectivity index (χ1) is 10.2. The molecule has 3 nitrogen and oxygen atoms in total. The van der Waals surface area contributed by atoms with Crippen LogP contribution in [0.1, 0.15) is 12.0 Å². The van der Waals surface area contributed by atoms with Gasteiger partial charge in [0.2, 0.25) is 0 Å². The fourth-order valence-electron chi connectivity index (χ4n) is 2.22. The van der Waals surface area contributed by atoms with Crippen molar-refractivity contribution in [2.24, 2.45) is 0 Å². The Labute approximate surface area is 127 Å². The van der Waals surface area contributed by atoms with E-state index >= 15 is 0 Å². The van der Waals surface area contributed by atoms with Gasteiger partial charge in [0.05, 0.1) is 23.9 Å². The minimum absolute atomic E-state index is 0.351. The second-order valence-corrected chi connectivity index (χ2v) is 5.18. The summed E-state index contributed by atoms with van der Waals surface area (Å²) >= 11 is 6.01. The standard InChI is InChI=1S/C16H15ClFNO2/c17-13-9-12(18)5-6-14(13)19-10-11-3-1-4-15-16(11)21-8-2-7-20-15/h1,3-6,9,19H,2,7-8,10H2. The van der Waals surface area contributed by atoms with E-state index in [4.69, 9.17) is 21.1 Å². The maximum atomic E-state index is 13.0. The van der Waals surface area contributed by atoms with Gasteiger partial charge >= 0.3 is 0 Å². The van der Waals surface area contributed by atoms with Gasteiger partial charge in [0.15, 0.2) is 11.5 Å². The third-order valence-corrected chi connectivity index (χ3v) is 3.57. The molecule has 0 fully saturated rings. The average Bonchev–Trinajstić information content (AvgIpc) is 2.72. The van der Waals surface area contributed by atoms with Gasteiger partial charge in [-0.3, -0.25) is 0 Å². The van der Waals surface area contributed by atoms with Crippen LogP contribution in [0.15, 0.2) is 36.4 Å². The summed E-state index contributed by atoms with van der Waals surface area (Å²) in [6.45, 7) is 1.83. The van der Waals surface area contributed by atoms with Gasteiger partial charge in [-0.1, -0.05) is 23.7 Å². The molecule has 5 heteroatoms. The molecule has 1 aliphatic heterocycles. The normalized spacial score (nSPS) is 13.6. The van der Waals surface area contributed by atoms with E-state index < -0.39 is 0 Å². The topological polar surface area (TPSA) is 30.5 Å². The van der Waals surface area contributed by atoms with Crippen molar-refractivity contribution in [2.45, 2.75) is 13.0 Å². The maximum absolute atomic E-state index is 13.0. The van der Waals surface area contributed by atoms with E-state index in [9.17, 15) is 4.39 Å². The highest BCUT2D eigenvalue weighted by Crippen LogP contribution is 2.34. The minimum Gasteiger partial charge on any atom is -0.490 e. The predicted octanol–water partition coefficient (Wildman–Crippen LogP) is 4.25. The molecule has 2 aromatic rings. The van der Waals surface area contributed by atoms with Crippen LogP contribution in [-0.4, -0.2) is 13.2 Å². The Balaban J connectivity index is 1.79. The zero-order chi connectivity index (χ0) is 14.7. The molecule has 21 heavy (non-hydrogen) atoms. The summed E-state index contributed by atoms with van der Waals surface area (Å²) in [5.41, 5.74) is 1.67. The number of fused-ring (bicyclic) bond motifs is 1. The Morgan fingerprint density at radius 1 is 1.14 bits per heavy atom. The molecule has 0 atom stereocenters. The zero-order valence-corrected chi connectivity index (χ0v) is 12.1. The molecule has 0 unspecified atom stereocenters. The number of halogens is 2. The molecule has 0 bridgehead atoms. The Morgan fingerprint density at radius 3 is 2.86 bits per heavy atom. The lowest BCUT2D eigenvalue weighted by Crippen LogP contribution is -2.04. The lowest BCUT2D eigenvalue weighted by Gasteiger charge is -2.14. The van der Waals surface area contributed by atoms with Gasteiger partial charge in [-0.15, -0.1) is 0 Å². The van der Waals surface area contributed by atoms with Crippen molar-refractivity contribution >= 4 is 17.3 Å². The van der Waals surface area contributed by atoms with Crippen LogP contribution in [-0.2, 0) is 6.54 Å². The van der Waals surface area contributed by atoms with E-state index in [2.05, 4.69) is 5.32 Å². The number of benzene rings is 2. The molecule has 3 rings (SSSR count). The first kappa shape index (κ1) is 14.0. The van der Waals surface area contributed by atoms with Crippen LogP contribution >= 0.6 is 11.6 Å². The van der Waals surface area contributed by atoms with Crippen molar-refractivity contribution in [1.29, 1.82) is 0 Å². The fourth-order valence-corrected chi connectivity index (χ4v) is 2.45. The first-order valence-corrected chi connectivity index (χ1v) is 7.18. The molecule has 1 N–H and O–H groups in total. The van der Waals surface area contributed by atoms with Crippen molar-refractivity contribution in [3.8, 4) is 11.5 Å². The number of hydrogen-bond donors (Lipinski definition) is 1. The van der Waals surface area contributed by atoms with E-state index in [0.29, 0.717) is 30.5 Å². The Bertz CT molecular complexity index is 648. The van der Waals surface area contributed by atoms with Gasteiger partial charge in [-0.05, 0) is 24.3 Å². The molecule has 0 saturated heterocycles. The largest absolute Gasteiger partial charge is 0.490 e. The summed E-state index contributed by atoms with van der Waals surface area (Å²) in [5, 5.41) is 3.55. The first-order valence-electron chi connectivity index (χ1n) is 6.80. The van der Waals surface area contributed by atoms with E-state index in [1.807, 2.05) is 18.2 Å². The number of para-hydroxylation sites is 1. The Hall–Kier alpha value is -1.94. The van der Waals surface area contributed by atoms with Crippen molar-refractivity contribution in [3.63, 3.8) is 0 Å². The van der Waals surface area contributed by atoms with Crippen LogP contribution in [0.3, 0.4) is 0 Å². The average molecular weight is 308 g/mol. The highest BCUT2D eigenvalue weighted by molar-refractivity contribution is 6.33. The van der Waals surface area contributed by atoms with Crippen LogP contribution in [0, 0.1) is 5.82 Å². The van der Waals surface area contributed by atoms with Crippen LogP contribution in [0.5, 0.6) is 11.5 Å². The molecule has 1 heterocycles. The van der Waals surface area contributed by atoms with Gasteiger partial charge in [-0.25, -0.2) is 4.39 Å². The fraction of sp³-hybridized carbons (Fsp3) is 0.250. The second kappa shape index (κ2) is 6.22. The third kappa shape index (κ3) is 3.22. The van der Waals surface area contributed by atoms with Crippen LogP contribution in [0.2, 0.25) is 5.02 Å². The number of nitrogens with one attached hydrogen (secondary N) is 1. The summed E-state index contributed by atoms with van der Waals surface area (Å²) in [7, 11) is 0. The van der Waals surface area contributed by atoms with E-state index in [0.717, 1.165) is 23.5 Å². The SMILES string of the molecule is Fc1ccc(NCc2cccc3c2OCCCO3)c(Cl)c1. The lowest BCUT2D eigenvalue weighted by atomic mass is 10.1. The molecule has 0 saturated carbocycles. The Kier molecular flexibility index (Phi) is 4.15. The summed E-state index contributed by atoms with van der Waals surface area (Å²) < 4.78 is 24.4. The summed E-state index contributed by atoms with van der Waals surface area (Å²) in [4.78, 5) is 0. The molecule has 0 radical (unpaired) electrons. The highest BCUT2D eigenvalue weighted by atomic mass is 35.5. The van der Waals surface area contributed by atoms with Gasteiger partial charge in [0.25, 0.3) is 0 Å². The quantitative estimate of drug-likeness (QED) is 0.919. The molecule has 1 aliphatic rings. The van der Waals surface area contributed by atoms with Crippen LogP contribution in [0.25, 0.3) is 0 Å². The van der Waals surface area contributed by atoms with Gasteiger partial charge in [0, 0.05) is 18.5 Å². The third-order valence-electron chi connectivity index (χ3n) is 3.25. The molecular weight excluding hydrogens is 293 g/mol. The molecule has 110 valence electrons. The van der Waals surface area contributed by atoms with E-state index in [1.165, 1.54) is 12.1 Å². The number of rotatable bonds is 3. The summed E-state index contributed by atoms with van der Waals surface area (Å²) in [6.07, 6.45) is 0.866. The van der Waals surface area contributed by atoms with Crippen LogP contribution in [0.4, 0.5) is 10.1 Å². The number of anilines is 1. The minimum atomic E-state index is -0.351. The zero-order valence-electron chi connectivity index (χ0n) is 11.4. The highest BCUT2D eigenvalue weighted by Gasteiger charge is 2.14. The number of ether oxygens (including phenoxy) is 2. The number of hydrogen-bond acceptors (Lipinski definition) is 3. The molecular formula is C16H15ClFNO2. The van der Waals surface area contributed by atoms with Gasteiger partial charge in [0.1, 0.15) is 5.82 Å².